The Balaban J connectivity index is 1.50. The summed E-state index contributed by atoms with van der Waals surface area (Å²) in [4.78, 5) is 25.3. The number of nitrogens with one attached hydrogen (secondary N) is 1. The lowest BCUT2D eigenvalue weighted by atomic mass is 9.76. The zero-order chi connectivity index (χ0) is 23.6. The van der Waals surface area contributed by atoms with E-state index in [1.165, 1.54) is 12.1 Å². The molecule has 33 heavy (non-hydrogen) atoms. The van der Waals surface area contributed by atoms with E-state index in [2.05, 4.69) is 5.32 Å². The zero-order valence-corrected chi connectivity index (χ0v) is 19.6. The molecule has 1 N–H and O–H groups in total. The molecule has 0 radical (unpaired) electrons. The minimum atomic E-state index is -0.543. The summed E-state index contributed by atoms with van der Waals surface area (Å²) in [6.45, 7) is 8.46. The summed E-state index contributed by atoms with van der Waals surface area (Å²) in [5.41, 5.74) is 3.31. The van der Waals surface area contributed by atoms with Crippen LogP contribution in [0.1, 0.15) is 64.4 Å². The highest BCUT2D eigenvalue weighted by atomic mass is 19.1. The normalized spacial score (nSPS) is 18.4. The Kier molecular flexibility index (Phi) is 6.83. The molecule has 1 amide bonds. The van der Waals surface area contributed by atoms with Gasteiger partial charge in [-0.3, -0.25) is 9.48 Å². The SMILES string of the molecule is CCc1nn(C[C@@H](C)COC(=O)c2cc(C)cc(F)c2)c2c1C(=O)NCC1(CCOCC1)C2. The summed E-state index contributed by atoms with van der Waals surface area (Å²) in [7, 11) is 0. The predicted molar refractivity (Wildman–Crippen MR) is 121 cm³/mol. The summed E-state index contributed by atoms with van der Waals surface area (Å²) >= 11 is 0. The zero-order valence-electron chi connectivity index (χ0n) is 19.6. The molecule has 1 aromatic carbocycles. The maximum Gasteiger partial charge on any atom is 0.338 e. The molecule has 1 spiro atoms. The number of fused-ring (bicyclic) bond motifs is 1. The van der Waals surface area contributed by atoms with Crippen molar-refractivity contribution in [2.24, 2.45) is 11.3 Å². The average Bonchev–Trinajstić information content (AvgIpc) is 3.05. The Bertz CT molecular complexity index is 1020. The highest BCUT2D eigenvalue weighted by Gasteiger charge is 2.39. The molecule has 2 aromatic rings. The van der Waals surface area contributed by atoms with Gasteiger partial charge in [-0.1, -0.05) is 13.8 Å². The molecule has 2 aliphatic rings. The molecule has 0 bridgehead atoms. The molecule has 3 heterocycles. The van der Waals surface area contributed by atoms with E-state index in [4.69, 9.17) is 14.6 Å². The molecule has 0 aliphatic carbocycles. The van der Waals surface area contributed by atoms with Crippen LogP contribution in [0, 0.1) is 24.1 Å². The van der Waals surface area contributed by atoms with E-state index in [0.29, 0.717) is 43.9 Å². The van der Waals surface area contributed by atoms with Crippen molar-refractivity contribution < 1.29 is 23.5 Å². The molecular weight excluding hydrogens is 425 g/mol. The Hall–Kier alpha value is -2.74. The van der Waals surface area contributed by atoms with Crippen molar-refractivity contribution in [1.82, 2.24) is 15.1 Å². The molecule has 4 rings (SSSR count). The van der Waals surface area contributed by atoms with Gasteiger partial charge in [0.2, 0.25) is 0 Å². The molecule has 0 saturated carbocycles. The lowest BCUT2D eigenvalue weighted by Gasteiger charge is -2.36. The van der Waals surface area contributed by atoms with Gasteiger partial charge in [0.05, 0.1) is 29.1 Å². The molecule has 0 unspecified atom stereocenters. The molecule has 1 saturated heterocycles. The van der Waals surface area contributed by atoms with Gasteiger partial charge in [0.1, 0.15) is 5.82 Å². The van der Waals surface area contributed by atoms with Gasteiger partial charge in [0.25, 0.3) is 5.91 Å². The van der Waals surface area contributed by atoms with Crippen LogP contribution >= 0.6 is 0 Å². The summed E-state index contributed by atoms with van der Waals surface area (Å²) in [5.74, 6) is -1.09. The third kappa shape index (κ3) is 5.11. The number of hydrogen-bond donors (Lipinski definition) is 1. The van der Waals surface area contributed by atoms with E-state index < -0.39 is 11.8 Å². The smallest absolute Gasteiger partial charge is 0.338 e. The first-order chi connectivity index (χ1) is 15.8. The quantitative estimate of drug-likeness (QED) is 0.672. The Labute approximate surface area is 193 Å². The first-order valence-electron chi connectivity index (χ1n) is 11.7. The fourth-order valence-electron chi connectivity index (χ4n) is 4.83. The number of aryl methyl sites for hydroxylation is 2. The number of carbonyl (C=O) groups is 2. The number of hydrogen-bond acceptors (Lipinski definition) is 5. The standard InChI is InChI=1S/C25H32FN3O4/c1-4-20-22-21(12-25(15-27-23(22)30)5-7-32-8-6-25)29(28-20)13-17(3)14-33-24(31)18-9-16(2)10-19(26)11-18/h9-11,17H,4-8,12-15H2,1-3H3,(H,27,30)/t17-/m1/s1. The maximum atomic E-state index is 13.6. The predicted octanol–water partition coefficient (Wildman–Crippen LogP) is 3.47. The monoisotopic (exact) mass is 457 g/mol. The number of carbonyl (C=O) groups excluding carboxylic acids is 2. The second-order valence-corrected chi connectivity index (χ2v) is 9.50. The second-order valence-electron chi connectivity index (χ2n) is 9.50. The van der Waals surface area contributed by atoms with Crippen LogP contribution in [-0.2, 0) is 28.9 Å². The Morgan fingerprint density at radius 3 is 2.79 bits per heavy atom. The number of aromatic nitrogens is 2. The van der Waals surface area contributed by atoms with Crippen molar-refractivity contribution in [1.29, 1.82) is 0 Å². The maximum absolute atomic E-state index is 13.6. The topological polar surface area (TPSA) is 82.5 Å². The van der Waals surface area contributed by atoms with Crippen molar-refractivity contribution >= 4 is 11.9 Å². The first kappa shape index (κ1) is 23.4. The van der Waals surface area contributed by atoms with Gasteiger partial charge in [-0.15, -0.1) is 0 Å². The summed E-state index contributed by atoms with van der Waals surface area (Å²) in [6.07, 6.45) is 3.24. The Morgan fingerprint density at radius 1 is 1.33 bits per heavy atom. The van der Waals surface area contributed by atoms with Crippen LogP contribution in [0.5, 0.6) is 0 Å². The van der Waals surface area contributed by atoms with E-state index in [1.54, 1.807) is 13.0 Å². The fourth-order valence-corrected chi connectivity index (χ4v) is 4.83. The Morgan fingerprint density at radius 2 is 2.09 bits per heavy atom. The molecule has 178 valence electrons. The van der Waals surface area contributed by atoms with Gasteiger partial charge in [-0.25, -0.2) is 9.18 Å². The number of nitrogens with zero attached hydrogens (tertiary/aromatic N) is 2. The van der Waals surface area contributed by atoms with Crippen LogP contribution in [0.2, 0.25) is 0 Å². The largest absolute Gasteiger partial charge is 0.462 e. The van der Waals surface area contributed by atoms with E-state index in [0.717, 1.165) is 30.7 Å². The minimum absolute atomic E-state index is 0.0209. The molecule has 2 aliphatic heterocycles. The van der Waals surface area contributed by atoms with Gasteiger partial charge in [-0.2, -0.15) is 5.10 Å². The van der Waals surface area contributed by atoms with Crippen LogP contribution in [0.3, 0.4) is 0 Å². The van der Waals surface area contributed by atoms with Gasteiger partial charge in [-0.05, 0) is 61.8 Å². The first-order valence-corrected chi connectivity index (χ1v) is 11.7. The molecule has 1 aromatic heterocycles. The minimum Gasteiger partial charge on any atom is -0.462 e. The molecular formula is C25H32FN3O4. The van der Waals surface area contributed by atoms with Crippen molar-refractivity contribution in [3.8, 4) is 0 Å². The van der Waals surface area contributed by atoms with Gasteiger partial charge >= 0.3 is 5.97 Å². The fraction of sp³-hybridized carbons (Fsp3) is 0.560. The van der Waals surface area contributed by atoms with Crippen LogP contribution in [0.4, 0.5) is 4.39 Å². The van der Waals surface area contributed by atoms with Crippen LogP contribution < -0.4 is 5.32 Å². The number of halogens is 1. The van der Waals surface area contributed by atoms with Crippen LogP contribution in [-0.4, -0.2) is 48.0 Å². The second kappa shape index (κ2) is 9.63. The molecule has 8 heteroatoms. The van der Waals surface area contributed by atoms with E-state index in [1.807, 2.05) is 18.5 Å². The van der Waals surface area contributed by atoms with Crippen molar-refractivity contribution in [2.75, 3.05) is 26.4 Å². The third-order valence-electron chi connectivity index (χ3n) is 6.67. The van der Waals surface area contributed by atoms with E-state index >= 15 is 0 Å². The van der Waals surface area contributed by atoms with Gasteiger partial charge in [0.15, 0.2) is 0 Å². The lowest BCUT2D eigenvalue weighted by molar-refractivity contribution is 0.0151. The third-order valence-corrected chi connectivity index (χ3v) is 6.67. The number of amides is 1. The molecule has 7 nitrogen and oxygen atoms in total. The van der Waals surface area contributed by atoms with Crippen molar-refractivity contribution in [3.05, 3.63) is 52.1 Å². The number of esters is 1. The number of ether oxygens (including phenoxy) is 2. The van der Waals surface area contributed by atoms with Crippen LogP contribution in [0.25, 0.3) is 0 Å². The van der Waals surface area contributed by atoms with E-state index in [-0.39, 0.29) is 29.4 Å². The lowest BCUT2D eigenvalue weighted by Crippen LogP contribution is -2.41. The highest BCUT2D eigenvalue weighted by Crippen LogP contribution is 2.37. The van der Waals surface area contributed by atoms with Crippen molar-refractivity contribution in [3.63, 3.8) is 0 Å². The van der Waals surface area contributed by atoms with Gasteiger partial charge in [0, 0.05) is 32.2 Å². The average molecular weight is 458 g/mol. The number of rotatable bonds is 6. The molecule has 1 fully saturated rings. The van der Waals surface area contributed by atoms with Crippen LogP contribution in [0.15, 0.2) is 18.2 Å². The van der Waals surface area contributed by atoms with Crippen molar-refractivity contribution in [2.45, 2.75) is 53.0 Å². The highest BCUT2D eigenvalue weighted by molar-refractivity contribution is 5.97. The summed E-state index contributed by atoms with van der Waals surface area (Å²) in [6, 6.07) is 4.17. The van der Waals surface area contributed by atoms with Gasteiger partial charge < -0.3 is 14.8 Å². The summed E-state index contributed by atoms with van der Waals surface area (Å²) < 4.78 is 26.6. The molecule has 1 atom stereocenters. The number of benzene rings is 1. The van der Waals surface area contributed by atoms with E-state index in [9.17, 15) is 14.0 Å². The summed E-state index contributed by atoms with van der Waals surface area (Å²) in [5, 5.41) is 7.89.